The topological polar surface area (TPSA) is 47.9 Å². The lowest BCUT2D eigenvalue weighted by molar-refractivity contribution is -0.139. The van der Waals surface area contributed by atoms with E-state index in [1.54, 1.807) is 0 Å². The number of carbonyl (C=O) groups excluding carboxylic acids is 1. The van der Waals surface area contributed by atoms with Crippen molar-refractivity contribution in [3.05, 3.63) is 35.9 Å². The largest absolute Gasteiger partial charge is 0.468 e. The zero-order valence-corrected chi connectivity index (χ0v) is 11.0. The molecule has 96 valence electrons. The highest BCUT2D eigenvalue weighted by atomic mass is 32.2. The first-order valence-corrected chi connectivity index (χ1v) is 6.57. The molecule has 0 bridgehead atoms. The summed E-state index contributed by atoms with van der Waals surface area (Å²) >= 11 is 1.43. The van der Waals surface area contributed by atoms with Gasteiger partial charge in [-0.1, -0.05) is 42.1 Å². The molecule has 0 N–H and O–H groups in total. The molecule has 2 rings (SSSR count). The summed E-state index contributed by atoms with van der Waals surface area (Å²) in [6, 6.07) is 9.96. The molecule has 1 aromatic rings. The van der Waals surface area contributed by atoms with Gasteiger partial charge >= 0.3 is 5.97 Å². The number of esters is 1. The van der Waals surface area contributed by atoms with Gasteiger partial charge in [0.15, 0.2) is 0 Å². The van der Waals surface area contributed by atoms with Crippen LogP contribution in [0.25, 0.3) is 0 Å². The third kappa shape index (κ3) is 3.58. The molecule has 1 heterocycles. The quantitative estimate of drug-likeness (QED) is 0.763. The number of methoxy groups -OCH3 is 1. The maximum Gasteiger partial charge on any atom is 0.321 e. The van der Waals surface area contributed by atoms with Crippen molar-refractivity contribution >= 4 is 22.8 Å². The Bertz CT molecular complexity index is 433. The Balaban J connectivity index is 1.71. The number of ether oxygens (including phenoxy) is 2. The summed E-state index contributed by atoms with van der Waals surface area (Å²) in [6.45, 7) is 1.50. The maximum atomic E-state index is 11.3. The molecule has 5 heteroatoms. The molecule has 1 aromatic carbocycles. The number of benzene rings is 1. The van der Waals surface area contributed by atoms with Gasteiger partial charge in [0.1, 0.15) is 5.25 Å². The van der Waals surface area contributed by atoms with E-state index in [1.165, 1.54) is 18.9 Å². The molecule has 1 aliphatic rings. The van der Waals surface area contributed by atoms with Crippen LogP contribution in [-0.2, 0) is 20.9 Å². The van der Waals surface area contributed by atoms with Crippen LogP contribution in [0.1, 0.15) is 5.56 Å². The van der Waals surface area contributed by atoms with Crippen molar-refractivity contribution in [2.45, 2.75) is 11.9 Å². The van der Waals surface area contributed by atoms with Gasteiger partial charge in [0.25, 0.3) is 0 Å². The summed E-state index contributed by atoms with van der Waals surface area (Å²) in [6.07, 6.45) is 0. The Labute approximate surface area is 110 Å². The third-order valence-corrected chi connectivity index (χ3v) is 3.66. The highest BCUT2D eigenvalue weighted by Crippen LogP contribution is 2.22. The summed E-state index contributed by atoms with van der Waals surface area (Å²) in [5.41, 5.74) is 1.13. The van der Waals surface area contributed by atoms with Gasteiger partial charge in [-0.15, -0.1) is 0 Å². The standard InChI is InChI=1S/C13H15NO3S/c1-16-13(15)11-7-14-12(18-11)9-17-8-10-5-3-2-4-6-10/h2-6,11H,7-9H2,1H3. The minimum Gasteiger partial charge on any atom is -0.468 e. The predicted molar refractivity (Wildman–Crippen MR) is 71.8 cm³/mol. The number of hydrogen-bond acceptors (Lipinski definition) is 5. The van der Waals surface area contributed by atoms with Gasteiger partial charge in [-0.2, -0.15) is 0 Å². The normalized spacial score (nSPS) is 18.5. The molecule has 4 nitrogen and oxygen atoms in total. The monoisotopic (exact) mass is 265 g/mol. The van der Waals surface area contributed by atoms with Crippen molar-refractivity contribution in [1.29, 1.82) is 0 Å². The lowest BCUT2D eigenvalue weighted by Gasteiger charge is -2.06. The number of hydrogen-bond donors (Lipinski definition) is 0. The molecule has 0 spiro atoms. The Morgan fingerprint density at radius 3 is 2.89 bits per heavy atom. The smallest absolute Gasteiger partial charge is 0.321 e. The van der Waals surface area contributed by atoms with E-state index in [4.69, 9.17) is 4.74 Å². The number of rotatable bonds is 5. The molecule has 0 amide bonds. The molecule has 0 fully saturated rings. The van der Waals surface area contributed by atoms with Crippen molar-refractivity contribution in [2.24, 2.45) is 4.99 Å². The number of thioether (sulfide) groups is 1. The average molecular weight is 265 g/mol. The van der Waals surface area contributed by atoms with Crippen LogP contribution in [0.4, 0.5) is 0 Å². The van der Waals surface area contributed by atoms with Gasteiger partial charge in [-0.25, -0.2) is 0 Å². The zero-order valence-electron chi connectivity index (χ0n) is 10.2. The minimum atomic E-state index is -0.221. The predicted octanol–water partition coefficient (Wildman–Crippen LogP) is 1.89. The highest BCUT2D eigenvalue weighted by Gasteiger charge is 2.26. The Morgan fingerprint density at radius 1 is 1.39 bits per heavy atom. The average Bonchev–Trinajstić information content (AvgIpc) is 2.88. The number of nitrogens with zero attached hydrogens (tertiary/aromatic N) is 1. The maximum absolute atomic E-state index is 11.3. The fourth-order valence-electron chi connectivity index (χ4n) is 1.59. The summed E-state index contributed by atoms with van der Waals surface area (Å²) in [5, 5.41) is 0.659. The van der Waals surface area contributed by atoms with Crippen LogP contribution in [-0.4, -0.2) is 36.5 Å². The molecule has 1 aliphatic heterocycles. The van der Waals surface area contributed by atoms with E-state index in [0.29, 0.717) is 19.8 Å². The van der Waals surface area contributed by atoms with Gasteiger partial charge in [0.05, 0.1) is 31.9 Å². The van der Waals surface area contributed by atoms with Crippen LogP contribution in [0, 0.1) is 0 Å². The molecule has 1 unspecified atom stereocenters. The highest BCUT2D eigenvalue weighted by molar-refractivity contribution is 8.15. The summed E-state index contributed by atoms with van der Waals surface area (Å²) in [5.74, 6) is -0.221. The molecule has 1 atom stereocenters. The Kier molecular flexibility index (Phi) is 4.78. The van der Waals surface area contributed by atoms with E-state index >= 15 is 0 Å². The SMILES string of the molecule is COC(=O)C1CN=C(COCc2ccccc2)S1. The van der Waals surface area contributed by atoms with Gasteiger partial charge in [0.2, 0.25) is 0 Å². The molecule has 0 saturated carbocycles. The lowest BCUT2D eigenvalue weighted by atomic mass is 10.2. The first-order valence-electron chi connectivity index (χ1n) is 5.69. The molecular formula is C13H15NO3S. The first-order chi connectivity index (χ1) is 8.79. The fourth-order valence-corrected chi connectivity index (χ4v) is 2.56. The Morgan fingerprint density at radius 2 is 2.17 bits per heavy atom. The fraction of sp³-hybridized carbons (Fsp3) is 0.385. The van der Waals surface area contributed by atoms with Crippen LogP contribution in [0.5, 0.6) is 0 Å². The summed E-state index contributed by atoms with van der Waals surface area (Å²) in [4.78, 5) is 15.6. The van der Waals surface area contributed by atoms with Crippen molar-refractivity contribution in [2.75, 3.05) is 20.3 Å². The second kappa shape index (κ2) is 6.56. The van der Waals surface area contributed by atoms with Crippen LogP contribution in [0.2, 0.25) is 0 Å². The van der Waals surface area contributed by atoms with Crippen LogP contribution < -0.4 is 0 Å². The molecular weight excluding hydrogens is 250 g/mol. The second-order valence-electron chi connectivity index (χ2n) is 3.84. The van der Waals surface area contributed by atoms with Crippen molar-refractivity contribution in [3.63, 3.8) is 0 Å². The second-order valence-corrected chi connectivity index (χ2v) is 5.12. The van der Waals surface area contributed by atoms with E-state index in [0.717, 1.165) is 10.6 Å². The van der Waals surface area contributed by atoms with Gasteiger partial charge in [-0.3, -0.25) is 9.79 Å². The van der Waals surface area contributed by atoms with Crippen LogP contribution >= 0.6 is 11.8 Å². The van der Waals surface area contributed by atoms with E-state index in [1.807, 2.05) is 30.3 Å². The number of aliphatic imine (C=N–C) groups is 1. The molecule has 0 aliphatic carbocycles. The molecule has 0 saturated heterocycles. The first kappa shape index (κ1) is 13.1. The van der Waals surface area contributed by atoms with E-state index in [9.17, 15) is 4.79 Å². The minimum absolute atomic E-state index is 0.203. The molecule has 0 aromatic heterocycles. The van der Waals surface area contributed by atoms with Gasteiger partial charge in [0, 0.05) is 0 Å². The summed E-state index contributed by atoms with van der Waals surface area (Å²) < 4.78 is 10.2. The Hall–Kier alpha value is -1.33. The van der Waals surface area contributed by atoms with Crippen LogP contribution in [0.3, 0.4) is 0 Å². The molecule has 18 heavy (non-hydrogen) atoms. The van der Waals surface area contributed by atoms with Crippen molar-refractivity contribution < 1.29 is 14.3 Å². The molecule has 0 radical (unpaired) electrons. The summed E-state index contributed by atoms with van der Waals surface area (Å²) in [7, 11) is 1.40. The van der Waals surface area contributed by atoms with E-state index in [-0.39, 0.29) is 11.2 Å². The van der Waals surface area contributed by atoms with E-state index < -0.39 is 0 Å². The third-order valence-electron chi connectivity index (χ3n) is 2.51. The lowest BCUT2D eigenvalue weighted by Crippen LogP contribution is -2.19. The van der Waals surface area contributed by atoms with Crippen molar-refractivity contribution in [1.82, 2.24) is 0 Å². The van der Waals surface area contributed by atoms with Gasteiger partial charge in [-0.05, 0) is 5.56 Å². The number of carbonyl (C=O) groups is 1. The van der Waals surface area contributed by atoms with E-state index in [2.05, 4.69) is 9.73 Å². The zero-order chi connectivity index (χ0) is 12.8. The van der Waals surface area contributed by atoms with Crippen LogP contribution in [0.15, 0.2) is 35.3 Å². The van der Waals surface area contributed by atoms with Gasteiger partial charge < -0.3 is 9.47 Å². The van der Waals surface area contributed by atoms with Crippen molar-refractivity contribution in [3.8, 4) is 0 Å².